The Morgan fingerprint density at radius 1 is 0.952 bits per heavy atom. The summed E-state index contributed by atoms with van der Waals surface area (Å²) in [4.78, 5) is 27.7. The number of tetrazole rings is 1. The van der Waals surface area contributed by atoms with Crippen LogP contribution in [0.25, 0.3) is 0 Å². The lowest BCUT2D eigenvalue weighted by molar-refractivity contribution is 0.0529. The van der Waals surface area contributed by atoms with Crippen LogP contribution < -0.4 is 0 Å². The van der Waals surface area contributed by atoms with Gasteiger partial charge in [0.15, 0.2) is 0 Å². The summed E-state index contributed by atoms with van der Waals surface area (Å²) in [6.07, 6.45) is 0. The van der Waals surface area contributed by atoms with Crippen LogP contribution in [-0.4, -0.2) is 68.4 Å². The first kappa shape index (κ1) is 13.2. The number of carbonyl (C=O) groups is 2. The van der Waals surface area contributed by atoms with E-state index in [9.17, 15) is 9.59 Å². The Labute approximate surface area is 120 Å². The molecule has 108 valence electrons. The average molecular weight is 286 g/mol. The van der Waals surface area contributed by atoms with Crippen LogP contribution >= 0.6 is 0 Å². The number of hydrogen-bond donors (Lipinski definition) is 1. The maximum absolute atomic E-state index is 12.3. The van der Waals surface area contributed by atoms with Crippen molar-refractivity contribution in [1.29, 1.82) is 0 Å². The maximum atomic E-state index is 12.3. The molecule has 0 atom stereocenters. The summed E-state index contributed by atoms with van der Waals surface area (Å²) in [5.74, 6) is -0.226. The first-order chi connectivity index (χ1) is 10.3. The Morgan fingerprint density at radius 3 is 2.14 bits per heavy atom. The van der Waals surface area contributed by atoms with Crippen molar-refractivity contribution >= 4 is 11.8 Å². The molecule has 0 spiro atoms. The van der Waals surface area contributed by atoms with Gasteiger partial charge in [-0.2, -0.15) is 5.21 Å². The molecule has 8 heteroatoms. The lowest BCUT2D eigenvalue weighted by Crippen LogP contribution is -2.50. The van der Waals surface area contributed by atoms with Crippen LogP contribution in [0.4, 0.5) is 0 Å². The molecule has 1 saturated heterocycles. The molecule has 1 aliphatic rings. The number of aromatic amines is 1. The minimum Gasteiger partial charge on any atom is -0.335 e. The van der Waals surface area contributed by atoms with Gasteiger partial charge in [-0.1, -0.05) is 18.2 Å². The highest BCUT2D eigenvalue weighted by Gasteiger charge is 2.27. The second-order valence-corrected chi connectivity index (χ2v) is 4.69. The van der Waals surface area contributed by atoms with Crippen LogP contribution in [0.3, 0.4) is 0 Å². The fraction of sp³-hybridized carbons (Fsp3) is 0.308. The number of benzene rings is 1. The molecule has 2 aromatic rings. The molecular weight excluding hydrogens is 272 g/mol. The first-order valence-corrected chi connectivity index (χ1v) is 6.63. The van der Waals surface area contributed by atoms with Crippen molar-refractivity contribution in [2.24, 2.45) is 0 Å². The van der Waals surface area contributed by atoms with E-state index in [4.69, 9.17) is 0 Å². The Morgan fingerprint density at radius 2 is 1.57 bits per heavy atom. The normalized spacial score (nSPS) is 15.0. The van der Waals surface area contributed by atoms with Crippen LogP contribution in [0.5, 0.6) is 0 Å². The van der Waals surface area contributed by atoms with Crippen LogP contribution in [0, 0.1) is 0 Å². The SMILES string of the molecule is O=C(c1ccccc1)N1CCN(C(=O)c2nn[nH]n2)CC1. The minimum absolute atomic E-state index is 0.0118. The van der Waals surface area contributed by atoms with E-state index >= 15 is 0 Å². The fourth-order valence-corrected chi connectivity index (χ4v) is 2.27. The minimum atomic E-state index is -0.268. The average Bonchev–Trinajstić information content (AvgIpc) is 3.09. The molecule has 0 bridgehead atoms. The molecule has 0 saturated carbocycles. The number of amides is 2. The molecular formula is C13H14N6O2. The van der Waals surface area contributed by atoms with Crippen molar-refractivity contribution in [2.45, 2.75) is 0 Å². The van der Waals surface area contributed by atoms with Crippen molar-refractivity contribution in [3.05, 3.63) is 41.7 Å². The van der Waals surface area contributed by atoms with E-state index in [1.54, 1.807) is 21.9 Å². The Bertz CT molecular complexity index is 619. The van der Waals surface area contributed by atoms with Gasteiger partial charge >= 0.3 is 0 Å². The van der Waals surface area contributed by atoms with Crippen LogP contribution in [-0.2, 0) is 0 Å². The summed E-state index contributed by atoms with van der Waals surface area (Å²) in [5, 5.41) is 13.0. The number of H-pyrrole nitrogens is 1. The van der Waals surface area contributed by atoms with Gasteiger partial charge in [0.05, 0.1) is 0 Å². The van der Waals surface area contributed by atoms with E-state index < -0.39 is 0 Å². The maximum Gasteiger partial charge on any atom is 0.295 e. The lowest BCUT2D eigenvalue weighted by atomic mass is 10.2. The van der Waals surface area contributed by atoms with E-state index in [-0.39, 0.29) is 17.6 Å². The number of carbonyl (C=O) groups excluding carboxylic acids is 2. The van der Waals surface area contributed by atoms with Crippen LogP contribution in [0.15, 0.2) is 30.3 Å². The topological polar surface area (TPSA) is 95.1 Å². The molecule has 0 aliphatic carbocycles. The van der Waals surface area contributed by atoms with E-state index in [2.05, 4.69) is 20.6 Å². The summed E-state index contributed by atoms with van der Waals surface area (Å²) >= 11 is 0. The molecule has 1 aromatic carbocycles. The van der Waals surface area contributed by atoms with Crippen LogP contribution in [0.1, 0.15) is 21.0 Å². The van der Waals surface area contributed by atoms with E-state index in [0.717, 1.165) is 0 Å². The zero-order chi connectivity index (χ0) is 14.7. The van der Waals surface area contributed by atoms with Gasteiger partial charge in [-0.05, 0) is 17.3 Å². The second kappa shape index (κ2) is 5.70. The van der Waals surface area contributed by atoms with Gasteiger partial charge in [-0.15, -0.1) is 10.2 Å². The smallest absolute Gasteiger partial charge is 0.295 e. The number of nitrogens with one attached hydrogen (secondary N) is 1. The first-order valence-electron chi connectivity index (χ1n) is 6.63. The molecule has 2 amide bonds. The summed E-state index contributed by atoms with van der Waals surface area (Å²) in [6.45, 7) is 1.92. The number of rotatable bonds is 2. The molecule has 1 N–H and O–H groups in total. The van der Waals surface area contributed by atoms with Gasteiger partial charge in [0.25, 0.3) is 17.6 Å². The number of piperazine rings is 1. The molecule has 21 heavy (non-hydrogen) atoms. The Balaban J connectivity index is 1.60. The molecule has 1 aliphatic heterocycles. The second-order valence-electron chi connectivity index (χ2n) is 4.69. The van der Waals surface area contributed by atoms with Crippen molar-refractivity contribution in [3.8, 4) is 0 Å². The van der Waals surface area contributed by atoms with Gasteiger partial charge < -0.3 is 9.80 Å². The van der Waals surface area contributed by atoms with Crippen molar-refractivity contribution in [2.75, 3.05) is 26.2 Å². The van der Waals surface area contributed by atoms with Gasteiger partial charge in [0.2, 0.25) is 0 Å². The Kier molecular flexibility index (Phi) is 3.59. The quantitative estimate of drug-likeness (QED) is 0.824. The zero-order valence-corrected chi connectivity index (χ0v) is 11.3. The highest BCUT2D eigenvalue weighted by Crippen LogP contribution is 2.10. The highest BCUT2D eigenvalue weighted by molar-refractivity contribution is 5.94. The third-order valence-corrected chi connectivity index (χ3v) is 3.41. The van der Waals surface area contributed by atoms with E-state index in [0.29, 0.717) is 31.7 Å². The van der Waals surface area contributed by atoms with Gasteiger partial charge in [-0.3, -0.25) is 9.59 Å². The van der Waals surface area contributed by atoms with E-state index in [1.807, 2.05) is 18.2 Å². The fourth-order valence-electron chi connectivity index (χ4n) is 2.27. The van der Waals surface area contributed by atoms with E-state index in [1.165, 1.54) is 0 Å². The van der Waals surface area contributed by atoms with Crippen molar-refractivity contribution in [1.82, 2.24) is 30.4 Å². The molecule has 0 radical (unpaired) electrons. The molecule has 3 rings (SSSR count). The third-order valence-electron chi connectivity index (χ3n) is 3.41. The number of nitrogens with zero attached hydrogens (tertiary/aromatic N) is 5. The molecule has 1 fully saturated rings. The summed E-state index contributed by atoms with van der Waals surface area (Å²) in [7, 11) is 0. The molecule has 8 nitrogen and oxygen atoms in total. The summed E-state index contributed by atoms with van der Waals surface area (Å²) in [6, 6.07) is 9.13. The number of hydrogen-bond acceptors (Lipinski definition) is 5. The number of aromatic nitrogens is 4. The standard InChI is InChI=1S/C13H14N6O2/c20-12(10-4-2-1-3-5-10)18-6-8-19(9-7-18)13(21)11-14-16-17-15-11/h1-5H,6-9H2,(H,14,15,16,17). The Hall–Kier alpha value is -2.77. The summed E-state index contributed by atoms with van der Waals surface area (Å²) in [5.41, 5.74) is 0.662. The van der Waals surface area contributed by atoms with Gasteiger partial charge in [-0.25, -0.2) is 0 Å². The predicted molar refractivity (Wildman–Crippen MR) is 72.4 cm³/mol. The summed E-state index contributed by atoms with van der Waals surface area (Å²) < 4.78 is 0. The molecule has 2 heterocycles. The lowest BCUT2D eigenvalue weighted by Gasteiger charge is -2.34. The predicted octanol–water partition coefficient (Wildman–Crippen LogP) is -0.202. The van der Waals surface area contributed by atoms with Gasteiger partial charge in [0.1, 0.15) is 0 Å². The van der Waals surface area contributed by atoms with Crippen molar-refractivity contribution < 1.29 is 9.59 Å². The largest absolute Gasteiger partial charge is 0.335 e. The molecule has 1 aromatic heterocycles. The zero-order valence-electron chi connectivity index (χ0n) is 11.3. The highest BCUT2D eigenvalue weighted by atomic mass is 16.2. The molecule has 0 unspecified atom stereocenters. The third kappa shape index (κ3) is 2.73. The van der Waals surface area contributed by atoms with Gasteiger partial charge in [0, 0.05) is 31.7 Å². The van der Waals surface area contributed by atoms with Crippen LogP contribution in [0.2, 0.25) is 0 Å². The monoisotopic (exact) mass is 286 g/mol. The van der Waals surface area contributed by atoms with Crippen molar-refractivity contribution in [3.63, 3.8) is 0 Å².